The maximum atomic E-state index is 11.4. The maximum Gasteiger partial charge on any atom is 0.250 e. The van der Waals surface area contributed by atoms with Crippen LogP contribution < -0.4 is 11.1 Å². The van der Waals surface area contributed by atoms with Crippen LogP contribution in [0.3, 0.4) is 0 Å². The lowest BCUT2D eigenvalue weighted by atomic mass is 9.93. The normalized spacial score (nSPS) is 19.5. The third kappa shape index (κ3) is 1.69. The molecule has 2 heterocycles. The van der Waals surface area contributed by atoms with E-state index >= 15 is 0 Å². The number of carbonyl (C=O) groups excluding carboxylic acids is 1. The Hall–Kier alpha value is -1.81. The molecule has 1 amide bonds. The first-order valence-corrected chi connectivity index (χ1v) is 6.29. The molecule has 1 atom stereocenters. The van der Waals surface area contributed by atoms with Crippen LogP contribution in [0.1, 0.15) is 34.0 Å². The van der Waals surface area contributed by atoms with Crippen LogP contribution in [0.25, 0.3) is 10.9 Å². The highest BCUT2D eigenvalue weighted by Crippen LogP contribution is 2.31. The molecule has 1 fully saturated rings. The van der Waals surface area contributed by atoms with Gasteiger partial charge in [-0.3, -0.25) is 4.79 Å². The van der Waals surface area contributed by atoms with E-state index in [9.17, 15) is 4.79 Å². The van der Waals surface area contributed by atoms with Crippen molar-refractivity contribution in [1.29, 1.82) is 0 Å². The minimum Gasteiger partial charge on any atom is -0.366 e. The number of aromatic amines is 1. The molecule has 3 rings (SSSR count). The second kappa shape index (κ2) is 4.14. The molecule has 94 valence electrons. The average molecular weight is 243 g/mol. The Labute approximate surface area is 106 Å². The quantitative estimate of drug-likeness (QED) is 0.750. The lowest BCUT2D eigenvalue weighted by Crippen LogP contribution is -2.12. The Morgan fingerprint density at radius 3 is 2.94 bits per heavy atom. The molecular weight excluding hydrogens is 226 g/mol. The van der Waals surface area contributed by atoms with Gasteiger partial charge in [0.1, 0.15) is 0 Å². The molecule has 0 bridgehead atoms. The molecule has 1 saturated heterocycles. The molecular formula is C14H17N3O. The molecule has 0 unspecified atom stereocenters. The summed E-state index contributed by atoms with van der Waals surface area (Å²) < 4.78 is 0. The average Bonchev–Trinajstić information content (AvgIpc) is 2.94. The van der Waals surface area contributed by atoms with E-state index in [0.29, 0.717) is 11.5 Å². The molecule has 1 aromatic carbocycles. The van der Waals surface area contributed by atoms with Gasteiger partial charge in [0.15, 0.2) is 0 Å². The summed E-state index contributed by atoms with van der Waals surface area (Å²) in [5, 5.41) is 4.51. The van der Waals surface area contributed by atoms with E-state index in [4.69, 9.17) is 5.73 Å². The van der Waals surface area contributed by atoms with Crippen molar-refractivity contribution in [2.45, 2.75) is 19.3 Å². The number of H-pyrrole nitrogens is 1. The van der Waals surface area contributed by atoms with Crippen molar-refractivity contribution in [3.63, 3.8) is 0 Å². The number of amides is 1. The number of primary amides is 1. The van der Waals surface area contributed by atoms with Crippen LogP contribution in [0.2, 0.25) is 0 Å². The summed E-state index contributed by atoms with van der Waals surface area (Å²) in [5.41, 5.74) is 9.25. The van der Waals surface area contributed by atoms with Gasteiger partial charge in [0.25, 0.3) is 5.91 Å². The monoisotopic (exact) mass is 243 g/mol. The van der Waals surface area contributed by atoms with E-state index in [-0.39, 0.29) is 5.91 Å². The highest BCUT2D eigenvalue weighted by molar-refractivity contribution is 6.06. The van der Waals surface area contributed by atoms with Crippen molar-refractivity contribution in [1.82, 2.24) is 10.3 Å². The Morgan fingerprint density at radius 2 is 2.28 bits per heavy atom. The number of hydrogen-bond acceptors (Lipinski definition) is 2. The summed E-state index contributed by atoms with van der Waals surface area (Å²) in [7, 11) is 0. The number of benzene rings is 1. The fourth-order valence-corrected chi connectivity index (χ4v) is 2.86. The van der Waals surface area contributed by atoms with E-state index in [1.54, 1.807) is 0 Å². The first-order chi connectivity index (χ1) is 8.66. The van der Waals surface area contributed by atoms with Gasteiger partial charge in [0.2, 0.25) is 0 Å². The van der Waals surface area contributed by atoms with Crippen LogP contribution in [0.4, 0.5) is 0 Å². The summed E-state index contributed by atoms with van der Waals surface area (Å²) in [6, 6.07) is 6.00. The van der Waals surface area contributed by atoms with Crippen molar-refractivity contribution in [2.75, 3.05) is 13.1 Å². The van der Waals surface area contributed by atoms with Crippen molar-refractivity contribution in [3.05, 3.63) is 35.0 Å². The number of rotatable bonds is 2. The van der Waals surface area contributed by atoms with Gasteiger partial charge in [-0.1, -0.05) is 6.07 Å². The molecule has 0 spiro atoms. The Kier molecular flexibility index (Phi) is 2.59. The predicted octanol–water partition coefficient (Wildman–Crippen LogP) is 1.65. The van der Waals surface area contributed by atoms with Crippen molar-refractivity contribution < 1.29 is 4.79 Å². The van der Waals surface area contributed by atoms with Gasteiger partial charge in [-0.05, 0) is 43.5 Å². The van der Waals surface area contributed by atoms with Gasteiger partial charge < -0.3 is 16.0 Å². The topological polar surface area (TPSA) is 70.9 Å². The van der Waals surface area contributed by atoms with Crippen LogP contribution in [-0.4, -0.2) is 24.0 Å². The Bertz CT molecular complexity index is 609. The van der Waals surface area contributed by atoms with Crippen LogP contribution in [0.15, 0.2) is 18.2 Å². The second-order valence-electron chi connectivity index (χ2n) is 5.00. The summed E-state index contributed by atoms with van der Waals surface area (Å²) in [6.07, 6.45) is 1.15. The molecule has 1 aromatic heterocycles. The van der Waals surface area contributed by atoms with Gasteiger partial charge in [-0.25, -0.2) is 0 Å². The van der Waals surface area contributed by atoms with E-state index in [2.05, 4.69) is 16.4 Å². The fraction of sp³-hybridized carbons (Fsp3) is 0.357. The minimum absolute atomic E-state index is 0.377. The molecule has 1 aliphatic heterocycles. The second-order valence-corrected chi connectivity index (χ2v) is 5.00. The summed E-state index contributed by atoms with van der Waals surface area (Å²) in [6.45, 7) is 4.07. The third-order valence-corrected chi connectivity index (χ3v) is 3.73. The van der Waals surface area contributed by atoms with Crippen LogP contribution in [-0.2, 0) is 0 Å². The third-order valence-electron chi connectivity index (χ3n) is 3.73. The van der Waals surface area contributed by atoms with Crippen LogP contribution in [0.5, 0.6) is 0 Å². The highest BCUT2D eigenvalue weighted by Gasteiger charge is 2.21. The van der Waals surface area contributed by atoms with E-state index in [1.807, 2.05) is 19.1 Å². The Morgan fingerprint density at radius 1 is 1.44 bits per heavy atom. The van der Waals surface area contributed by atoms with Gasteiger partial charge in [0.05, 0.1) is 11.1 Å². The molecule has 18 heavy (non-hydrogen) atoms. The van der Waals surface area contributed by atoms with Gasteiger partial charge >= 0.3 is 0 Å². The summed E-state index contributed by atoms with van der Waals surface area (Å²) in [4.78, 5) is 14.7. The first kappa shape index (κ1) is 11.3. The lowest BCUT2D eigenvalue weighted by molar-refractivity contribution is 0.100. The van der Waals surface area contributed by atoms with E-state index in [0.717, 1.165) is 36.1 Å². The van der Waals surface area contributed by atoms with Crippen molar-refractivity contribution in [2.24, 2.45) is 5.73 Å². The first-order valence-electron chi connectivity index (χ1n) is 6.29. The molecule has 4 heteroatoms. The number of hydrogen-bond donors (Lipinski definition) is 3. The highest BCUT2D eigenvalue weighted by atomic mass is 16.1. The Balaban J connectivity index is 2.22. The summed E-state index contributed by atoms with van der Waals surface area (Å²) in [5.74, 6) is 0.155. The molecule has 4 N–H and O–H groups in total. The fourth-order valence-electron chi connectivity index (χ4n) is 2.86. The zero-order chi connectivity index (χ0) is 12.7. The van der Waals surface area contributed by atoms with Gasteiger partial charge in [-0.15, -0.1) is 0 Å². The lowest BCUT2D eigenvalue weighted by Gasteiger charge is -2.11. The maximum absolute atomic E-state index is 11.4. The van der Waals surface area contributed by atoms with Crippen molar-refractivity contribution >= 4 is 16.8 Å². The molecule has 1 aliphatic rings. The summed E-state index contributed by atoms with van der Waals surface area (Å²) >= 11 is 0. The van der Waals surface area contributed by atoms with E-state index in [1.165, 1.54) is 5.56 Å². The van der Waals surface area contributed by atoms with Gasteiger partial charge in [0, 0.05) is 17.6 Å². The van der Waals surface area contributed by atoms with Gasteiger partial charge in [-0.2, -0.15) is 0 Å². The number of nitrogens with two attached hydrogens (primary N) is 1. The van der Waals surface area contributed by atoms with Crippen LogP contribution in [0, 0.1) is 6.92 Å². The molecule has 4 nitrogen and oxygen atoms in total. The predicted molar refractivity (Wildman–Crippen MR) is 71.8 cm³/mol. The zero-order valence-corrected chi connectivity index (χ0v) is 10.4. The minimum atomic E-state index is -0.377. The molecule has 0 radical (unpaired) electrons. The molecule has 0 aliphatic carbocycles. The number of nitrogens with one attached hydrogen (secondary N) is 2. The van der Waals surface area contributed by atoms with Crippen molar-refractivity contribution in [3.8, 4) is 0 Å². The van der Waals surface area contributed by atoms with E-state index < -0.39 is 0 Å². The SMILES string of the molecule is Cc1cc2c([C@@H]3CCNC3)ccc(C(N)=O)c2[nH]1. The zero-order valence-electron chi connectivity index (χ0n) is 10.4. The smallest absolute Gasteiger partial charge is 0.250 e. The number of aromatic nitrogens is 1. The standard InChI is InChI=1S/C14H17N3O/c1-8-6-12-10(9-4-5-16-7-9)2-3-11(14(15)18)13(12)17-8/h2-3,6,9,16-17H,4-5,7H2,1H3,(H2,15,18)/t9-/m1/s1. The largest absolute Gasteiger partial charge is 0.366 e. The molecule has 0 saturated carbocycles. The number of carbonyl (C=O) groups is 1. The molecule has 2 aromatic rings. The van der Waals surface area contributed by atoms with Crippen LogP contribution >= 0.6 is 0 Å². The number of aryl methyl sites for hydroxylation is 1. The number of fused-ring (bicyclic) bond motifs is 1.